The van der Waals surface area contributed by atoms with E-state index in [9.17, 15) is 9.59 Å². The summed E-state index contributed by atoms with van der Waals surface area (Å²) in [4.78, 5) is 23.2. The van der Waals surface area contributed by atoms with E-state index in [1.54, 1.807) is 6.92 Å². The van der Waals surface area contributed by atoms with Crippen molar-refractivity contribution < 1.29 is 14.3 Å². The van der Waals surface area contributed by atoms with Gasteiger partial charge in [-0.25, -0.2) is 0 Å². The van der Waals surface area contributed by atoms with Crippen molar-refractivity contribution in [2.75, 3.05) is 19.7 Å². The van der Waals surface area contributed by atoms with Gasteiger partial charge in [0.1, 0.15) is 0 Å². The van der Waals surface area contributed by atoms with Gasteiger partial charge in [0, 0.05) is 25.1 Å². The predicted molar refractivity (Wildman–Crippen MR) is 80.1 cm³/mol. The number of carbonyl (C=O) groups is 2. The number of nitrogens with one attached hydrogen (secondary N) is 2. The van der Waals surface area contributed by atoms with Crippen LogP contribution in [0, 0.1) is 0 Å². The van der Waals surface area contributed by atoms with Gasteiger partial charge in [-0.1, -0.05) is 6.07 Å². The highest BCUT2D eigenvalue weighted by molar-refractivity contribution is 5.94. The minimum absolute atomic E-state index is 0.0905. The van der Waals surface area contributed by atoms with Crippen LogP contribution in [0.25, 0.3) is 0 Å². The first-order chi connectivity index (χ1) is 10.2. The molecule has 2 rings (SSSR count). The number of esters is 1. The predicted octanol–water partition coefficient (Wildman–Crippen LogP) is 1.41. The Bertz CT molecular complexity index is 514. The lowest BCUT2D eigenvalue weighted by molar-refractivity contribution is -0.143. The third-order valence-corrected chi connectivity index (χ3v) is 3.50. The zero-order chi connectivity index (χ0) is 15.1. The molecule has 2 N–H and O–H groups in total. The van der Waals surface area contributed by atoms with Gasteiger partial charge in [0.05, 0.1) is 6.61 Å². The van der Waals surface area contributed by atoms with Crippen LogP contribution in [0.15, 0.2) is 18.2 Å². The van der Waals surface area contributed by atoms with Crippen LogP contribution in [0.3, 0.4) is 0 Å². The van der Waals surface area contributed by atoms with Crippen LogP contribution < -0.4 is 10.6 Å². The Morgan fingerprint density at radius 3 is 3.00 bits per heavy atom. The largest absolute Gasteiger partial charge is 0.466 e. The quantitative estimate of drug-likeness (QED) is 0.614. The van der Waals surface area contributed by atoms with Crippen LogP contribution in [0.1, 0.15) is 41.3 Å². The van der Waals surface area contributed by atoms with Crippen molar-refractivity contribution in [1.82, 2.24) is 10.6 Å². The number of hydrogen-bond acceptors (Lipinski definition) is 4. The van der Waals surface area contributed by atoms with E-state index in [0.717, 1.165) is 19.5 Å². The second-order valence-corrected chi connectivity index (χ2v) is 5.07. The van der Waals surface area contributed by atoms with Gasteiger partial charge >= 0.3 is 5.97 Å². The molecule has 21 heavy (non-hydrogen) atoms. The van der Waals surface area contributed by atoms with Crippen LogP contribution >= 0.6 is 0 Å². The highest BCUT2D eigenvalue weighted by atomic mass is 16.5. The van der Waals surface area contributed by atoms with Gasteiger partial charge in [-0.2, -0.15) is 0 Å². The molecule has 0 spiro atoms. The average Bonchev–Trinajstić information content (AvgIpc) is 2.51. The minimum Gasteiger partial charge on any atom is -0.466 e. The molecule has 1 aliphatic rings. The maximum absolute atomic E-state index is 12.1. The monoisotopic (exact) mass is 290 g/mol. The summed E-state index contributed by atoms with van der Waals surface area (Å²) in [5.41, 5.74) is 3.18. The molecule has 0 aromatic heterocycles. The molecule has 0 unspecified atom stereocenters. The fourth-order valence-corrected chi connectivity index (χ4v) is 2.39. The van der Waals surface area contributed by atoms with E-state index in [1.807, 2.05) is 18.2 Å². The number of rotatable bonds is 6. The van der Waals surface area contributed by atoms with Crippen LogP contribution in [-0.2, 0) is 22.5 Å². The molecule has 0 radical (unpaired) electrons. The molecule has 0 bridgehead atoms. The van der Waals surface area contributed by atoms with E-state index in [-0.39, 0.29) is 11.9 Å². The molecular weight excluding hydrogens is 268 g/mol. The molecule has 0 fully saturated rings. The molecule has 0 saturated carbocycles. The summed E-state index contributed by atoms with van der Waals surface area (Å²) in [5, 5.41) is 6.14. The molecule has 1 aromatic carbocycles. The number of benzene rings is 1. The van der Waals surface area contributed by atoms with Crippen molar-refractivity contribution in [2.24, 2.45) is 0 Å². The zero-order valence-electron chi connectivity index (χ0n) is 12.4. The van der Waals surface area contributed by atoms with Gasteiger partial charge in [0.25, 0.3) is 5.91 Å². The summed E-state index contributed by atoms with van der Waals surface area (Å²) < 4.78 is 4.84. The van der Waals surface area contributed by atoms with Crippen LogP contribution in [0.4, 0.5) is 0 Å². The van der Waals surface area contributed by atoms with E-state index in [4.69, 9.17) is 4.74 Å². The molecule has 0 atom stereocenters. The van der Waals surface area contributed by atoms with E-state index < -0.39 is 0 Å². The van der Waals surface area contributed by atoms with Crippen molar-refractivity contribution in [2.45, 2.75) is 32.7 Å². The topological polar surface area (TPSA) is 67.4 Å². The minimum atomic E-state index is -0.216. The van der Waals surface area contributed by atoms with Crippen molar-refractivity contribution >= 4 is 11.9 Å². The van der Waals surface area contributed by atoms with E-state index in [1.165, 1.54) is 11.1 Å². The number of carbonyl (C=O) groups excluding carboxylic acids is 2. The Kier molecular flexibility index (Phi) is 5.75. The maximum Gasteiger partial charge on any atom is 0.305 e. The summed E-state index contributed by atoms with van der Waals surface area (Å²) in [5.74, 6) is -0.307. The smallest absolute Gasteiger partial charge is 0.305 e. The highest BCUT2D eigenvalue weighted by Gasteiger charge is 2.12. The fraction of sp³-hybridized carbons (Fsp3) is 0.500. The SMILES string of the molecule is CCOC(=O)CCCNC(=O)c1ccc2c(c1)CNCC2. The van der Waals surface area contributed by atoms with Crippen molar-refractivity contribution in [3.05, 3.63) is 34.9 Å². The summed E-state index contributed by atoms with van der Waals surface area (Å²) >= 11 is 0. The summed E-state index contributed by atoms with van der Waals surface area (Å²) in [7, 11) is 0. The zero-order valence-corrected chi connectivity index (χ0v) is 12.4. The average molecular weight is 290 g/mol. The summed E-state index contributed by atoms with van der Waals surface area (Å²) in [6, 6.07) is 5.84. The van der Waals surface area contributed by atoms with E-state index in [2.05, 4.69) is 10.6 Å². The number of fused-ring (bicyclic) bond motifs is 1. The van der Waals surface area contributed by atoms with Crippen molar-refractivity contribution in [1.29, 1.82) is 0 Å². The van der Waals surface area contributed by atoms with E-state index >= 15 is 0 Å². The molecule has 1 aliphatic heterocycles. The second kappa shape index (κ2) is 7.78. The van der Waals surface area contributed by atoms with Crippen LogP contribution in [0.5, 0.6) is 0 Å². The van der Waals surface area contributed by atoms with E-state index in [0.29, 0.717) is 31.6 Å². The third-order valence-electron chi connectivity index (χ3n) is 3.50. The van der Waals surface area contributed by atoms with Crippen LogP contribution in [-0.4, -0.2) is 31.6 Å². The van der Waals surface area contributed by atoms with Crippen molar-refractivity contribution in [3.63, 3.8) is 0 Å². The molecular formula is C16H22N2O3. The lowest BCUT2D eigenvalue weighted by Crippen LogP contribution is -2.27. The lowest BCUT2D eigenvalue weighted by Gasteiger charge is -2.17. The molecule has 0 aliphatic carbocycles. The van der Waals surface area contributed by atoms with Gasteiger partial charge in [0.15, 0.2) is 0 Å². The first kappa shape index (κ1) is 15.5. The Balaban J connectivity index is 1.79. The molecule has 1 aromatic rings. The molecule has 114 valence electrons. The third kappa shape index (κ3) is 4.56. The standard InChI is InChI=1S/C16H22N2O3/c1-2-21-15(19)4-3-8-18-16(20)13-6-5-12-7-9-17-11-14(12)10-13/h5-6,10,17H,2-4,7-9,11H2,1H3,(H,18,20). The number of hydrogen-bond donors (Lipinski definition) is 2. The van der Waals surface area contributed by atoms with Crippen molar-refractivity contribution in [3.8, 4) is 0 Å². The lowest BCUT2D eigenvalue weighted by atomic mass is 9.98. The van der Waals surface area contributed by atoms with Gasteiger partial charge in [-0.3, -0.25) is 9.59 Å². The van der Waals surface area contributed by atoms with Gasteiger partial charge in [-0.05, 0) is 49.6 Å². The Hall–Kier alpha value is -1.88. The van der Waals surface area contributed by atoms with Gasteiger partial charge in [-0.15, -0.1) is 0 Å². The highest BCUT2D eigenvalue weighted by Crippen LogP contribution is 2.15. The molecule has 5 nitrogen and oxygen atoms in total. The summed E-state index contributed by atoms with van der Waals surface area (Å²) in [6.07, 6.45) is 1.94. The fourth-order valence-electron chi connectivity index (χ4n) is 2.39. The Labute approximate surface area is 125 Å². The Morgan fingerprint density at radius 1 is 1.33 bits per heavy atom. The Morgan fingerprint density at radius 2 is 2.19 bits per heavy atom. The first-order valence-corrected chi connectivity index (χ1v) is 7.47. The first-order valence-electron chi connectivity index (χ1n) is 7.47. The van der Waals surface area contributed by atoms with Gasteiger partial charge in [0.2, 0.25) is 0 Å². The molecule has 5 heteroatoms. The second-order valence-electron chi connectivity index (χ2n) is 5.07. The maximum atomic E-state index is 12.1. The normalized spacial score (nSPS) is 13.4. The van der Waals surface area contributed by atoms with Gasteiger partial charge < -0.3 is 15.4 Å². The number of amides is 1. The summed E-state index contributed by atoms with van der Waals surface area (Å²) in [6.45, 7) is 4.47. The molecule has 1 heterocycles. The molecule has 0 saturated heterocycles. The number of ether oxygens (including phenoxy) is 1. The molecule has 1 amide bonds. The van der Waals surface area contributed by atoms with Crippen LogP contribution in [0.2, 0.25) is 0 Å².